The van der Waals surface area contributed by atoms with Crippen molar-refractivity contribution in [3.05, 3.63) is 53.7 Å². The van der Waals surface area contributed by atoms with Crippen molar-refractivity contribution in [2.45, 2.75) is 33.4 Å². The van der Waals surface area contributed by atoms with Crippen LogP contribution in [0.25, 0.3) is 0 Å². The zero-order valence-corrected chi connectivity index (χ0v) is 19.3. The highest BCUT2D eigenvalue weighted by atomic mass is 16.5. The van der Waals surface area contributed by atoms with Gasteiger partial charge in [0.15, 0.2) is 5.96 Å². The molecular weight excluding hydrogens is 388 g/mol. The molecule has 7 heteroatoms. The molecule has 0 spiro atoms. The Morgan fingerprint density at radius 2 is 1.97 bits per heavy atom. The Morgan fingerprint density at radius 1 is 1.16 bits per heavy atom. The summed E-state index contributed by atoms with van der Waals surface area (Å²) < 4.78 is 6.01. The molecule has 1 aromatic carbocycles. The van der Waals surface area contributed by atoms with Gasteiger partial charge < -0.3 is 25.2 Å². The number of aryl methyl sites for hydroxylation is 1. The molecule has 1 aliphatic heterocycles. The van der Waals surface area contributed by atoms with Crippen LogP contribution in [0.15, 0.2) is 47.6 Å². The quantitative estimate of drug-likeness (QED) is 0.502. The summed E-state index contributed by atoms with van der Waals surface area (Å²) in [6.45, 7) is 12.4. The van der Waals surface area contributed by atoms with E-state index in [2.05, 4.69) is 71.4 Å². The van der Waals surface area contributed by atoms with Gasteiger partial charge in [-0.3, -0.25) is 0 Å². The molecule has 1 atom stereocenters. The minimum atomic E-state index is 0.0235. The topological polar surface area (TPSA) is 65.0 Å². The molecule has 0 amide bonds. The first-order chi connectivity index (χ1) is 15.0. The summed E-state index contributed by atoms with van der Waals surface area (Å²) in [6, 6.07) is 12.3. The van der Waals surface area contributed by atoms with Gasteiger partial charge in [0.2, 0.25) is 0 Å². The molecule has 31 heavy (non-hydrogen) atoms. The lowest BCUT2D eigenvalue weighted by Crippen LogP contribution is -2.44. The van der Waals surface area contributed by atoms with E-state index >= 15 is 0 Å². The van der Waals surface area contributed by atoms with Crippen LogP contribution >= 0.6 is 0 Å². The monoisotopic (exact) mass is 424 g/mol. The molecule has 7 nitrogen and oxygen atoms in total. The van der Waals surface area contributed by atoms with Crippen molar-refractivity contribution < 1.29 is 4.74 Å². The summed E-state index contributed by atoms with van der Waals surface area (Å²) in [5.41, 5.74) is 2.35. The fourth-order valence-electron chi connectivity index (χ4n) is 3.48. The number of aliphatic imine (C=N–C) groups is 1. The summed E-state index contributed by atoms with van der Waals surface area (Å²) in [5.74, 6) is 2.73. The maximum absolute atomic E-state index is 6.01. The summed E-state index contributed by atoms with van der Waals surface area (Å²) in [6.07, 6.45) is 1.91. The average molecular weight is 425 g/mol. The lowest BCUT2D eigenvalue weighted by molar-refractivity contribution is 0.223. The number of benzene rings is 1. The Labute approximate surface area is 186 Å². The van der Waals surface area contributed by atoms with Gasteiger partial charge in [0.1, 0.15) is 17.7 Å². The highest BCUT2D eigenvalue weighted by molar-refractivity contribution is 5.79. The van der Waals surface area contributed by atoms with Crippen molar-refractivity contribution in [3.8, 4) is 5.75 Å². The van der Waals surface area contributed by atoms with E-state index in [9.17, 15) is 0 Å². The van der Waals surface area contributed by atoms with Crippen molar-refractivity contribution in [1.82, 2.24) is 20.5 Å². The predicted octanol–water partition coefficient (Wildman–Crippen LogP) is 2.66. The number of piperazine rings is 1. The lowest BCUT2D eigenvalue weighted by atomic mass is 10.2. The Balaban J connectivity index is 1.54. The molecule has 168 valence electrons. The van der Waals surface area contributed by atoms with E-state index in [-0.39, 0.29) is 6.10 Å². The Bertz CT molecular complexity index is 847. The number of rotatable bonds is 8. The maximum Gasteiger partial charge on any atom is 0.191 e. The van der Waals surface area contributed by atoms with Gasteiger partial charge in [-0.1, -0.05) is 12.1 Å². The van der Waals surface area contributed by atoms with Gasteiger partial charge in [0.05, 0.1) is 13.1 Å². The third-order valence-corrected chi connectivity index (χ3v) is 5.28. The lowest BCUT2D eigenvalue weighted by Gasteiger charge is -2.33. The van der Waals surface area contributed by atoms with Gasteiger partial charge in [0, 0.05) is 38.9 Å². The van der Waals surface area contributed by atoms with Gasteiger partial charge in [-0.2, -0.15) is 0 Å². The van der Waals surface area contributed by atoms with Gasteiger partial charge in [-0.05, 0) is 63.2 Å². The van der Waals surface area contributed by atoms with E-state index in [0.29, 0.717) is 13.1 Å². The van der Waals surface area contributed by atoms with Crippen LogP contribution in [0.2, 0.25) is 0 Å². The Kier molecular flexibility index (Phi) is 8.53. The van der Waals surface area contributed by atoms with Crippen molar-refractivity contribution in [2.24, 2.45) is 4.99 Å². The van der Waals surface area contributed by atoms with Crippen LogP contribution in [-0.4, -0.2) is 68.3 Å². The normalized spacial score (nSPS) is 16.1. The molecule has 1 aromatic heterocycles. The van der Waals surface area contributed by atoms with E-state index in [1.807, 2.05) is 24.4 Å². The third kappa shape index (κ3) is 7.43. The molecule has 1 saturated heterocycles. The highest BCUT2D eigenvalue weighted by Crippen LogP contribution is 2.16. The highest BCUT2D eigenvalue weighted by Gasteiger charge is 2.15. The molecule has 2 N–H and O–H groups in total. The number of guanidine groups is 1. The van der Waals surface area contributed by atoms with Crippen LogP contribution in [0, 0.1) is 6.92 Å². The van der Waals surface area contributed by atoms with Gasteiger partial charge in [-0.25, -0.2) is 9.98 Å². The van der Waals surface area contributed by atoms with Gasteiger partial charge in [-0.15, -0.1) is 0 Å². The van der Waals surface area contributed by atoms with E-state index < -0.39 is 0 Å². The van der Waals surface area contributed by atoms with Crippen LogP contribution in [-0.2, 0) is 6.54 Å². The zero-order chi connectivity index (χ0) is 22.1. The minimum absolute atomic E-state index is 0.0235. The van der Waals surface area contributed by atoms with Crippen LogP contribution in [0.3, 0.4) is 0 Å². The first-order valence-corrected chi connectivity index (χ1v) is 11.2. The molecule has 2 aromatic rings. The number of aromatic nitrogens is 1. The fourth-order valence-corrected chi connectivity index (χ4v) is 3.48. The molecule has 0 saturated carbocycles. The number of anilines is 1. The molecule has 1 aliphatic rings. The summed E-state index contributed by atoms with van der Waals surface area (Å²) >= 11 is 0. The molecule has 0 aliphatic carbocycles. The van der Waals surface area contributed by atoms with Crippen LogP contribution < -0.4 is 20.3 Å². The zero-order valence-electron chi connectivity index (χ0n) is 19.3. The number of hydrogen-bond donors (Lipinski definition) is 2. The van der Waals surface area contributed by atoms with Crippen LogP contribution in [0.5, 0.6) is 5.75 Å². The number of nitrogens with one attached hydrogen (secondary N) is 2. The molecule has 1 unspecified atom stereocenters. The molecule has 0 radical (unpaired) electrons. The Morgan fingerprint density at radius 3 is 2.71 bits per heavy atom. The van der Waals surface area contributed by atoms with Gasteiger partial charge >= 0.3 is 0 Å². The van der Waals surface area contributed by atoms with Crippen molar-refractivity contribution >= 4 is 11.8 Å². The molecule has 2 heterocycles. The van der Waals surface area contributed by atoms with Crippen molar-refractivity contribution in [1.29, 1.82) is 0 Å². The first kappa shape index (κ1) is 22.9. The van der Waals surface area contributed by atoms with E-state index in [1.54, 1.807) is 0 Å². The molecule has 1 fully saturated rings. The summed E-state index contributed by atoms with van der Waals surface area (Å²) in [7, 11) is 2.16. The van der Waals surface area contributed by atoms with E-state index in [4.69, 9.17) is 9.73 Å². The Hall–Kier alpha value is -2.80. The first-order valence-electron chi connectivity index (χ1n) is 11.2. The molecule has 0 bridgehead atoms. The summed E-state index contributed by atoms with van der Waals surface area (Å²) in [5, 5.41) is 6.71. The fraction of sp³-hybridized carbons (Fsp3) is 0.500. The number of ether oxygens (including phenoxy) is 1. The number of likely N-dealkylation sites (N-methyl/N-ethyl adjacent to an activating group) is 1. The number of nitrogens with zero attached hydrogens (tertiary/aromatic N) is 4. The van der Waals surface area contributed by atoms with Crippen molar-refractivity contribution in [2.75, 3.05) is 51.2 Å². The smallest absolute Gasteiger partial charge is 0.191 e. The van der Waals surface area contributed by atoms with Crippen LogP contribution in [0.1, 0.15) is 25.0 Å². The molecular formula is C24H36N6O. The van der Waals surface area contributed by atoms with Crippen molar-refractivity contribution in [3.63, 3.8) is 0 Å². The van der Waals surface area contributed by atoms with E-state index in [1.165, 1.54) is 5.56 Å². The molecule has 3 rings (SSSR count). The summed E-state index contributed by atoms with van der Waals surface area (Å²) in [4.78, 5) is 14.0. The van der Waals surface area contributed by atoms with Crippen LogP contribution in [0.4, 0.5) is 5.82 Å². The standard InChI is InChI=1S/C24H36N6O/c1-5-25-24(27-17-20(3)31-22-8-6-7-19(2)15-22)28-18-21-9-10-26-23(16-21)30-13-11-29(4)12-14-30/h6-10,15-16,20H,5,11-14,17-18H2,1-4H3,(H2,25,27,28). The van der Waals surface area contributed by atoms with Gasteiger partial charge in [0.25, 0.3) is 0 Å². The second-order valence-corrected chi connectivity index (χ2v) is 8.13. The second-order valence-electron chi connectivity index (χ2n) is 8.13. The number of hydrogen-bond acceptors (Lipinski definition) is 5. The minimum Gasteiger partial charge on any atom is -0.489 e. The third-order valence-electron chi connectivity index (χ3n) is 5.28. The maximum atomic E-state index is 6.01. The largest absolute Gasteiger partial charge is 0.489 e. The van der Waals surface area contributed by atoms with E-state index in [0.717, 1.165) is 55.8 Å². The average Bonchev–Trinajstić information content (AvgIpc) is 2.76. The number of pyridine rings is 1. The predicted molar refractivity (Wildman–Crippen MR) is 128 cm³/mol. The second kappa shape index (κ2) is 11.6. The SMILES string of the molecule is CCNC(=NCc1ccnc(N2CCN(C)CC2)c1)NCC(C)Oc1cccc(C)c1.